The number of nitrogens with one attached hydrogen (secondary N) is 1. The summed E-state index contributed by atoms with van der Waals surface area (Å²) in [7, 11) is 0. The fraction of sp³-hybridized carbons (Fsp3) is 0.500. The van der Waals surface area contributed by atoms with Crippen molar-refractivity contribution in [3.63, 3.8) is 0 Å². The SMILES string of the molecule is Cc1nc2c(c(N3CCC4(CC3)CC(c3ccccc3)C(=O)N4)n1)CCC2. The summed E-state index contributed by atoms with van der Waals surface area (Å²) in [5, 5.41) is 3.36. The number of carbonyl (C=O) groups is 1. The van der Waals surface area contributed by atoms with Crippen LogP contribution in [0.3, 0.4) is 0 Å². The largest absolute Gasteiger partial charge is 0.356 e. The molecule has 2 aromatic rings. The number of carbonyl (C=O) groups excluding carboxylic acids is 1. The zero-order chi connectivity index (χ0) is 18.4. The van der Waals surface area contributed by atoms with Crippen LogP contribution in [-0.4, -0.2) is 34.5 Å². The molecule has 1 aliphatic carbocycles. The molecule has 0 bridgehead atoms. The number of piperidine rings is 1. The minimum atomic E-state index is -0.0562. The van der Waals surface area contributed by atoms with E-state index in [1.54, 1.807) is 0 Å². The van der Waals surface area contributed by atoms with Gasteiger partial charge in [0.15, 0.2) is 0 Å². The Balaban J connectivity index is 1.33. The Bertz CT molecular complexity index is 871. The van der Waals surface area contributed by atoms with Gasteiger partial charge < -0.3 is 10.2 Å². The van der Waals surface area contributed by atoms with Crippen LogP contribution in [0.2, 0.25) is 0 Å². The molecule has 2 aliphatic heterocycles. The summed E-state index contributed by atoms with van der Waals surface area (Å²) in [6.07, 6.45) is 6.25. The smallest absolute Gasteiger partial charge is 0.228 e. The summed E-state index contributed by atoms with van der Waals surface area (Å²) in [4.78, 5) is 24.5. The summed E-state index contributed by atoms with van der Waals surface area (Å²) in [5.41, 5.74) is 3.68. The van der Waals surface area contributed by atoms with E-state index in [2.05, 4.69) is 27.3 Å². The summed E-state index contributed by atoms with van der Waals surface area (Å²) in [6.45, 7) is 3.89. The number of amides is 1. The third kappa shape index (κ3) is 2.89. The maximum absolute atomic E-state index is 12.7. The van der Waals surface area contributed by atoms with E-state index in [4.69, 9.17) is 4.98 Å². The monoisotopic (exact) mass is 362 g/mol. The van der Waals surface area contributed by atoms with Crippen molar-refractivity contribution in [2.24, 2.45) is 0 Å². The molecule has 1 unspecified atom stereocenters. The minimum absolute atomic E-state index is 0.0108. The molecule has 1 atom stereocenters. The zero-order valence-corrected chi connectivity index (χ0v) is 15.9. The van der Waals surface area contributed by atoms with Gasteiger partial charge in [0.25, 0.3) is 0 Å². The second kappa shape index (κ2) is 6.32. The predicted octanol–water partition coefficient (Wildman–Crippen LogP) is 2.92. The van der Waals surface area contributed by atoms with E-state index in [-0.39, 0.29) is 17.4 Å². The highest BCUT2D eigenvalue weighted by Gasteiger charge is 2.46. The first-order chi connectivity index (χ1) is 13.1. The molecule has 5 nitrogen and oxygen atoms in total. The number of benzene rings is 1. The molecule has 2 fully saturated rings. The standard InChI is InChI=1S/C22H26N4O/c1-15-23-19-9-5-8-17(19)20(24-15)26-12-10-22(11-13-26)14-18(21(27)25-22)16-6-3-2-4-7-16/h2-4,6-7,18H,5,8-14H2,1H3,(H,25,27). The molecule has 0 radical (unpaired) electrons. The molecule has 1 aromatic carbocycles. The van der Waals surface area contributed by atoms with Crippen molar-refractivity contribution in [3.05, 3.63) is 53.0 Å². The van der Waals surface area contributed by atoms with Gasteiger partial charge >= 0.3 is 0 Å². The Kier molecular flexibility index (Phi) is 3.92. The van der Waals surface area contributed by atoms with Gasteiger partial charge in [0.2, 0.25) is 5.91 Å². The first kappa shape index (κ1) is 16.7. The van der Waals surface area contributed by atoms with Crippen LogP contribution in [0.15, 0.2) is 30.3 Å². The summed E-state index contributed by atoms with van der Waals surface area (Å²) >= 11 is 0. The van der Waals surface area contributed by atoms with Gasteiger partial charge in [0.1, 0.15) is 11.6 Å². The molecule has 1 spiro atoms. The van der Waals surface area contributed by atoms with E-state index in [1.165, 1.54) is 17.7 Å². The van der Waals surface area contributed by atoms with Gasteiger partial charge in [-0.25, -0.2) is 9.97 Å². The van der Waals surface area contributed by atoms with Crippen molar-refractivity contribution in [2.45, 2.75) is 56.9 Å². The van der Waals surface area contributed by atoms with Crippen molar-refractivity contribution in [2.75, 3.05) is 18.0 Å². The predicted molar refractivity (Wildman–Crippen MR) is 105 cm³/mol. The topological polar surface area (TPSA) is 58.1 Å². The summed E-state index contributed by atoms with van der Waals surface area (Å²) in [5.74, 6) is 2.20. The number of aryl methyl sites for hydroxylation is 2. The van der Waals surface area contributed by atoms with Gasteiger partial charge in [0.05, 0.1) is 5.92 Å². The van der Waals surface area contributed by atoms with Crippen molar-refractivity contribution in [1.29, 1.82) is 0 Å². The Hall–Kier alpha value is -2.43. The lowest BCUT2D eigenvalue weighted by Gasteiger charge is -2.40. The van der Waals surface area contributed by atoms with Gasteiger partial charge in [-0.2, -0.15) is 0 Å². The number of hydrogen-bond acceptors (Lipinski definition) is 4. The van der Waals surface area contributed by atoms with Crippen LogP contribution in [0, 0.1) is 6.92 Å². The van der Waals surface area contributed by atoms with Crippen LogP contribution in [0.5, 0.6) is 0 Å². The first-order valence-electron chi connectivity index (χ1n) is 10.1. The quantitative estimate of drug-likeness (QED) is 0.892. The molecule has 5 heteroatoms. The molecule has 27 heavy (non-hydrogen) atoms. The number of hydrogen-bond donors (Lipinski definition) is 1. The van der Waals surface area contributed by atoms with E-state index >= 15 is 0 Å². The van der Waals surface area contributed by atoms with Gasteiger partial charge in [-0.05, 0) is 51.0 Å². The minimum Gasteiger partial charge on any atom is -0.356 e. The average molecular weight is 362 g/mol. The van der Waals surface area contributed by atoms with Crippen molar-refractivity contribution < 1.29 is 4.79 Å². The fourth-order valence-corrected chi connectivity index (χ4v) is 5.11. The summed E-state index contributed by atoms with van der Waals surface area (Å²) < 4.78 is 0. The Labute approximate surface area is 160 Å². The summed E-state index contributed by atoms with van der Waals surface area (Å²) in [6, 6.07) is 10.2. The fourth-order valence-electron chi connectivity index (χ4n) is 5.11. The zero-order valence-electron chi connectivity index (χ0n) is 15.9. The molecule has 3 aliphatic rings. The van der Waals surface area contributed by atoms with E-state index in [9.17, 15) is 4.79 Å². The number of aromatic nitrogens is 2. The average Bonchev–Trinajstić information content (AvgIpc) is 3.27. The molecule has 0 saturated carbocycles. The maximum atomic E-state index is 12.7. The highest BCUT2D eigenvalue weighted by Crippen LogP contribution is 2.40. The van der Waals surface area contributed by atoms with Crippen LogP contribution in [-0.2, 0) is 17.6 Å². The Morgan fingerprint density at radius 1 is 1.11 bits per heavy atom. The molecule has 140 valence electrons. The Morgan fingerprint density at radius 2 is 1.89 bits per heavy atom. The van der Waals surface area contributed by atoms with E-state index < -0.39 is 0 Å². The van der Waals surface area contributed by atoms with Gasteiger partial charge in [-0.1, -0.05) is 30.3 Å². The Morgan fingerprint density at radius 3 is 2.67 bits per heavy atom. The lowest BCUT2D eigenvalue weighted by molar-refractivity contribution is -0.121. The van der Waals surface area contributed by atoms with Gasteiger partial charge in [-0.3, -0.25) is 4.79 Å². The molecular formula is C22H26N4O. The first-order valence-corrected chi connectivity index (χ1v) is 10.1. The molecule has 2 saturated heterocycles. The van der Waals surface area contributed by atoms with Crippen molar-refractivity contribution in [3.8, 4) is 0 Å². The van der Waals surface area contributed by atoms with Crippen LogP contribution >= 0.6 is 0 Å². The second-order valence-electron chi connectivity index (χ2n) is 8.30. The van der Waals surface area contributed by atoms with Gasteiger partial charge in [0, 0.05) is 29.9 Å². The molecule has 1 amide bonds. The molecular weight excluding hydrogens is 336 g/mol. The van der Waals surface area contributed by atoms with E-state index in [0.29, 0.717) is 0 Å². The van der Waals surface area contributed by atoms with Crippen molar-refractivity contribution >= 4 is 11.7 Å². The molecule has 1 N–H and O–H groups in total. The molecule has 3 heterocycles. The van der Waals surface area contributed by atoms with E-state index in [0.717, 1.165) is 62.4 Å². The molecule has 5 rings (SSSR count). The van der Waals surface area contributed by atoms with Crippen LogP contribution in [0.1, 0.15) is 54.2 Å². The lowest BCUT2D eigenvalue weighted by Crippen LogP contribution is -2.51. The highest BCUT2D eigenvalue weighted by molar-refractivity contribution is 5.87. The highest BCUT2D eigenvalue weighted by atomic mass is 16.2. The second-order valence-corrected chi connectivity index (χ2v) is 8.30. The van der Waals surface area contributed by atoms with Gasteiger partial charge in [-0.15, -0.1) is 0 Å². The number of nitrogens with zero attached hydrogens (tertiary/aromatic N) is 3. The number of rotatable bonds is 2. The normalized spacial score (nSPS) is 23.5. The molecule has 1 aromatic heterocycles. The number of anilines is 1. The van der Waals surface area contributed by atoms with Crippen LogP contribution < -0.4 is 10.2 Å². The number of fused-ring (bicyclic) bond motifs is 1. The van der Waals surface area contributed by atoms with Crippen molar-refractivity contribution in [1.82, 2.24) is 15.3 Å². The van der Waals surface area contributed by atoms with Crippen LogP contribution in [0.4, 0.5) is 5.82 Å². The maximum Gasteiger partial charge on any atom is 0.228 e. The third-order valence-corrected chi connectivity index (χ3v) is 6.54. The van der Waals surface area contributed by atoms with E-state index in [1.807, 2.05) is 25.1 Å². The third-order valence-electron chi connectivity index (χ3n) is 6.54. The lowest BCUT2D eigenvalue weighted by atomic mass is 9.82. The van der Waals surface area contributed by atoms with Crippen LogP contribution in [0.25, 0.3) is 0 Å².